The number of hydrogen-bond acceptors (Lipinski definition) is 1. The van der Waals surface area contributed by atoms with E-state index in [1.165, 1.54) is 0 Å². The molecule has 0 aliphatic rings. The lowest BCUT2D eigenvalue weighted by atomic mass is 9.99. The first-order valence-corrected chi connectivity index (χ1v) is 5.80. The maximum Gasteiger partial charge on any atom is 0.250 e. The average Bonchev–Trinajstić information content (AvgIpc) is 2.36. The van der Waals surface area contributed by atoms with Gasteiger partial charge in [0.1, 0.15) is 5.82 Å². The number of amides is 1. The van der Waals surface area contributed by atoms with E-state index in [9.17, 15) is 9.18 Å². The number of carbonyl (C=O) groups is 1. The summed E-state index contributed by atoms with van der Waals surface area (Å²) in [6.07, 6.45) is 0. The van der Waals surface area contributed by atoms with E-state index in [4.69, 9.17) is 28.9 Å². The van der Waals surface area contributed by atoms with E-state index in [-0.39, 0.29) is 15.6 Å². The van der Waals surface area contributed by atoms with Crippen molar-refractivity contribution in [2.45, 2.75) is 0 Å². The molecule has 0 atom stereocenters. The Morgan fingerprint density at radius 1 is 1.11 bits per heavy atom. The Hall–Kier alpha value is -1.58. The molecule has 5 heteroatoms. The second-order valence-electron chi connectivity index (χ2n) is 3.64. The monoisotopic (exact) mass is 283 g/mol. The fraction of sp³-hybridized carbons (Fsp3) is 0. The minimum atomic E-state index is -0.749. The van der Waals surface area contributed by atoms with E-state index in [1.54, 1.807) is 30.3 Å². The van der Waals surface area contributed by atoms with Crippen LogP contribution in [0.4, 0.5) is 4.39 Å². The highest BCUT2D eigenvalue weighted by atomic mass is 35.5. The molecule has 0 aromatic heterocycles. The van der Waals surface area contributed by atoms with Gasteiger partial charge in [-0.05, 0) is 17.2 Å². The molecular weight excluding hydrogens is 276 g/mol. The molecule has 0 fully saturated rings. The molecule has 0 saturated carbocycles. The van der Waals surface area contributed by atoms with Gasteiger partial charge in [0.05, 0.1) is 15.6 Å². The predicted molar refractivity (Wildman–Crippen MR) is 70.4 cm³/mol. The molecule has 2 N–H and O–H groups in total. The number of benzene rings is 2. The van der Waals surface area contributed by atoms with Gasteiger partial charge < -0.3 is 5.73 Å². The van der Waals surface area contributed by atoms with E-state index in [1.807, 2.05) is 0 Å². The molecule has 0 aliphatic carbocycles. The van der Waals surface area contributed by atoms with Gasteiger partial charge in [0.15, 0.2) is 0 Å². The van der Waals surface area contributed by atoms with Gasteiger partial charge in [0, 0.05) is 0 Å². The summed E-state index contributed by atoms with van der Waals surface area (Å²) >= 11 is 11.5. The summed E-state index contributed by atoms with van der Waals surface area (Å²) in [5, 5.41) is -0.465. The van der Waals surface area contributed by atoms with Crippen LogP contribution in [0.5, 0.6) is 0 Å². The molecule has 0 heterocycles. The largest absolute Gasteiger partial charge is 0.366 e. The van der Waals surface area contributed by atoms with Crippen LogP contribution in [0, 0.1) is 5.82 Å². The maximum absolute atomic E-state index is 13.6. The lowest BCUT2D eigenvalue weighted by Crippen LogP contribution is -2.14. The number of halogens is 3. The first kappa shape index (κ1) is 12.9. The minimum Gasteiger partial charge on any atom is -0.366 e. The highest BCUT2D eigenvalue weighted by molar-refractivity contribution is 6.44. The standard InChI is InChI=1S/C13H8Cl2FNO/c14-11-9(16)6-8(7-4-2-1-3-5-7)10(12(11)15)13(17)18/h1-6H,(H2,17,18). The fourth-order valence-electron chi connectivity index (χ4n) is 1.68. The lowest BCUT2D eigenvalue weighted by Gasteiger charge is -2.11. The Kier molecular flexibility index (Phi) is 3.55. The quantitative estimate of drug-likeness (QED) is 0.835. The van der Waals surface area contributed by atoms with Crippen LogP contribution in [0.2, 0.25) is 10.0 Å². The van der Waals surface area contributed by atoms with E-state index in [0.717, 1.165) is 6.07 Å². The number of hydrogen-bond donors (Lipinski definition) is 1. The normalized spacial score (nSPS) is 10.4. The van der Waals surface area contributed by atoms with Crippen LogP contribution < -0.4 is 5.73 Å². The SMILES string of the molecule is NC(=O)c1c(-c2ccccc2)cc(F)c(Cl)c1Cl. The van der Waals surface area contributed by atoms with Gasteiger partial charge in [-0.25, -0.2) is 4.39 Å². The summed E-state index contributed by atoms with van der Waals surface area (Å²) in [5.41, 5.74) is 6.26. The van der Waals surface area contributed by atoms with Crippen LogP contribution in [-0.4, -0.2) is 5.91 Å². The summed E-state index contributed by atoms with van der Waals surface area (Å²) < 4.78 is 13.6. The molecule has 0 aliphatic heterocycles. The molecule has 0 bridgehead atoms. The smallest absolute Gasteiger partial charge is 0.250 e. The molecule has 18 heavy (non-hydrogen) atoms. The van der Waals surface area contributed by atoms with Crippen molar-refractivity contribution in [3.63, 3.8) is 0 Å². The van der Waals surface area contributed by atoms with Gasteiger partial charge in [-0.3, -0.25) is 4.79 Å². The van der Waals surface area contributed by atoms with Crippen molar-refractivity contribution in [3.05, 3.63) is 57.8 Å². The highest BCUT2D eigenvalue weighted by Gasteiger charge is 2.20. The summed E-state index contributed by atoms with van der Waals surface area (Å²) in [6.45, 7) is 0. The number of rotatable bonds is 2. The zero-order valence-corrected chi connectivity index (χ0v) is 10.6. The zero-order valence-electron chi connectivity index (χ0n) is 9.08. The maximum atomic E-state index is 13.6. The van der Waals surface area contributed by atoms with Gasteiger partial charge in [-0.2, -0.15) is 0 Å². The molecule has 0 saturated heterocycles. The molecule has 92 valence electrons. The van der Waals surface area contributed by atoms with Crippen LogP contribution in [0.3, 0.4) is 0 Å². The van der Waals surface area contributed by atoms with Crippen molar-refractivity contribution in [1.29, 1.82) is 0 Å². The Morgan fingerprint density at radius 2 is 1.72 bits per heavy atom. The predicted octanol–water partition coefficient (Wildman–Crippen LogP) is 3.90. The van der Waals surface area contributed by atoms with Crippen molar-refractivity contribution < 1.29 is 9.18 Å². The van der Waals surface area contributed by atoms with Crippen molar-refractivity contribution in [2.75, 3.05) is 0 Å². The van der Waals surface area contributed by atoms with Gasteiger partial charge in [0.2, 0.25) is 0 Å². The summed E-state index contributed by atoms with van der Waals surface area (Å²) in [6, 6.07) is 9.95. The third-order valence-electron chi connectivity index (χ3n) is 2.49. The first-order valence-electron chi connectivity index (χ1n) is 5.05. The summed E-state index contributed by atoms with van der Waals surface area (Å²) in [4.78, 5) is 11.4. The molecule has 0 spiro atoms. The minimum absolute atomic E-state index is 0.0225. The molecule has 2 aromatic rings. The van der Waals surface area contributed by atoms with E-state index in [2.05, 4.69) is 0 Å². The van der Waals surface area contributed by atoms with Crippen LogP contribution in [0.1, 0.15) is 10.4 Å². The molecule has 2 nitrogen and oxygen atoms in total. The van der Waals surface area contributed by atoms with Crippen molar-refractivity contribution in [1.82, 2.24) is 0 Å². The number of primary amides is 1. The Morgan fingerprint density at radius 3 is 2.28 bits per heavy atom. The second-order valence-corrected chi connectivity index (χ2v) is 4.40. The van der Waals surface area contributed by atoms with E-state index < -0.39 is 11.7 Å². The summed E-state index contributed by atoms with van der Waals surface area (Å²) in [7, 11) is 0. The molecule has 0 radical (unpaired) electrons. The first-order chi connectivity index (χ1) is 8.52. The molecular formula is C13H8Cl2FNO. The van der Waals surface area contributed by atoms with Crippen molar-refractivity contribution >= 4 is 29.1 Å². The van der Waals surface area contributed by atoms with Crippen molar-refractivity contribution in [2.24, 2.45) is 5.73 Å². The van der Waals surface area contributed by atoms with Crippen molar-refractivity contribution in [3.8, 4) is 11.1 Å². The average molecular weight is 284 g/mol. The Balaban J connectivity index is 2.78. The molecule has 0 unspecified atom stereocenters. The van der Waals surface area contributed by atoms with Gasteiger partial charge in [-0.1, -0.05) is 53.5 Å². The molecule has 2 aromatic carbocycles. The van der Waals surface area contributed by atoms with Gasteiger partial charge in [-0.15, -0.1) is 0 Å². The second kappa shape index (κ2) is 4.96. The molecule has 1 amide bonds. The third kappa shape index (κ3) is 2.19. The number of carbonyl (C=O) groups excluding carboxylic acids is 1. The van der Waals surface area contributed by atoms with Crippen LogP contribution in [0.25, 0.3) is 11.1 Å². The number of nitrogens with two attached hydrogens (primary N) is 1. The van der Waals surface area contributed by atoms with Crippen LogP contribution in [-0.2, 0) is 0 Å². The zero-order chi connectivity index (χ0) is 13.3. The Bertz CT molecular complexity index is 614. The topological polar surface area (TPSA) is 43.1 Å². The molecule has 2 rings (SSSR count). The highest BCUT2D eigenvalue weighted by Crippen LogP contribution is 2.36. The van der Waals surface area contributed by atoms with Crippen LogP contribution >= 0.6 is 23.2 Å². The fourth-order valence-corrected chi connectivity index (χ4v) is 2.12. The van der Waals surface area contributed by atoms with E-state index in [0.29, 0.717) is 11.1 Å². The van der Waals surface area contributed by atoms with Crippen LogP contribution in [0.15, 0.2) is 36.4 Å². The Labute approximate surface area is 113 Å². The third-order valence-corrected chi connectivity index (χ3v) is 3.34. The lowest BCUT2D eigenvalue weighted by molar-refractivity contribution is 0.100. The van der Waals surface area contributed by atoms with Gasteiger partial charge in [0.25, 0.3) is 5.91 Å². The summed E-state index contributed by atoms with van der Waals surface area (Å²) in [5.74, 6) is -1.44. The van der Waals surface area contributed by atoms with E-state index >= 15 is 0 Å². The van der Waals surface area contributed by atoms with Gasteiger partial charge >= 0.3 is 0 Å².